The number of hydrogen-bond acceptors (Lipinski definition) is 20. The van der Waals surface area contributed by atoms with E-state index in [9.17, 15) is 39.6 Å². The van der Waals surface area contributed by atoms with E-state index in [-0.39, 0.29) is 47.6 Å². The minimum atomic E-state index is -1.28. The number of nitrogens with zero attached hydrogens (tertiary/aromatic N) is 8. The van der Waals surface area contributed by atoms with Crippen LogP contribution in [0.3, 0.4) is 0 Å². The summed E-state index contributed by atoms with van der Waals surface area (Å²) >= 11 is 12.7. The molecule has 4 aliphatic rings. The van der Waals surface area contributed by atoms with Crippen molar-refractivity contribution in [1.82, 2.24) is 49.7 Å². The number of hydrogen-bond donors (Lipinski definition) is 12. The summed E-state index contributed by atoms with van der Waals surface area (Å²) in [4.78, 5) is 75.7. The van der Waals surface area contributed by atoms with Crippen LogP contribution >= 0.6 is 23.2 Å². The van der Waals surface area contributed by atoms with Gasteiger partial charge in [-0.15, -0.1) is 0 Å². The summed E-state index contributed by atoms with van der Waals surface area (Å²) in [6.45, 7) is -1.50. The van der Waals surface area contributed by atoms with E-state index in [0.29, 0.717) is 96.7 Å². The molecule has 0 spiro atoms. The number of carbonyl (C=O) groups excluding carboxylic acids is 2. The van der Waals surface area contributed by atoms with Gasteiger partial charge in [0.2, 0.25) is 22.4 Å². The first-order valence-electron chi connectivity index (χ1n) is 21.9. The lowest BCUT2D eigenvalue weighted by Gasteiger charge is -2.33. The summed E-state index contributed by atoms with van der Waals surface area (Å²) in [6.07, 6.45) is 3.69. The average Bonchev–Trinajstić information content (AvgIpc) is 4.07. The van der Waals surface area contributed by atoms with Gasteiger partial charge in [0.15, 0.2) is 34.0 Å². The molecule has 0 radical (unpaired) electrons. The summed E-state index contributed by atoms with van der Waals surface area (Å²) in [5.74, 6) is -0.554. The third kappa shape index (κ3) is 8.82. The second-order valence-corrected chi connectivity index (χ2v) is 18.3. The van der Waals surface area contributed by atoms with Crippen LogP contribution in [-0.2, 0) is 9.59 Å². The van der Waals surface area contributed by atoms with Crippen LogP contribution in [-0.4, -0.2) is 155 Å². The van der Waals surface area contributed by atoms with E-state index in [4.69, 9.17) is 33.4 Å². The first-order valence-corrected chi connectivity index (χ1v) is 22.7. The number of amides is 2. The third-order valence-electron chi connectivity index (χ3n) is 13.5. The van der Waals surface area contributed by atoms with Gasteiger partial charge in [-0.2, -0.15) is 19.9 Å². The second-order valence-electron chi connectivity index (χ2n) is 17.6. The molecule has 8 atom stereocenters. The fourth-order valence-corrected chi connectivity index (χ4v) is 10.4. The van der Waals surface area contributed by atoms with Crippen molar-refractivity contribution in [3.63, 3.8) is 0 Å². The van der Waals surface area contributed by atoms with Crippen molar-refractivity contribution >= 4 is 80.4 Å². The highest BCUT2D eigenvalue weighted by Gasteiger charge is 2.45. The summed E-state index contributed by atoms with van der Waals surface area (Å²) in [6, 6.07) is -3.17. The highest BCUT2D eigenvalue weighted by atomic mass is 35.5. The molecule has 1 aromatic carbocycles. The van der Waals surface area contributed by atoms with E-state index in [1.165, 1.54) is 12.7 Å². The Morgan fingerprint density at radius 2 is 0.909 bits per heavy atom. The molecule has 2 amide bonds. The number of fused-ring (bicyclic) bond motifs is 2. The summed E-state index contributed by atoms with van der Waals surface area (Å²) in [7, 11) is 0. The Bertz CT molecular complexity index is 2500. The van der Waals surface area contributed by atoms with Crippen LogP contribution in [0.5, 0.6) is 0 Å². The molecule has 9 rings (SSSR count). The molecular weight excluding hydrogens is 907 g/mol. The molecule has 24 nitrogen and oxygen atoms in total. The van der Waals surface area contributed by atoms with Gasteiger partial charge in [0.05, 0.1) is 36.8 Å². The SMILES string of the molecule is O=C(CO)N[C@H]1C[C@@H](n2cnc3c(NC4CCC(Nc5c(N[C@H]6CC[C@H](Nc7nc(Cl)nc8c7ncn8[C@@H]7C[C@H](NC(=O)CO)[C@@H](O)[C@H]7O)CC6)c(=O)c5=O)CC4)nc(Cl)nc32)[C@H](O)[C@@H]1O. The molecule has 26 heteroatoms. The van der Waals surface area contributed by atoms with Crippen molar-refractivity contribution in [2.45, 2.75) is 137 Å². The van der Waals surface area contributed by atoms with E-state index in [1.54, 1.807) is 9.13 Å². The standard InChI is InChI=1S/C40H50Cl2N14O10/c41-39-51-35(27-37(53-39)55(13-43-27)21-9-19(29(61)31(21)63)49-23(59)11-57)47-17-5-1-15(2-6-17)45-25-26(34(66)33(25)65)46-16-3-7-18(8-4-16)48-36-28-38(54-40(42)52-36)56(14-44-28)22-10-20(30(62)32(22)64)50-24(60)12-58/h13-22,29-32,45-46,57-58,61-64H,1-12H2,(H,49,59)(H,50,60)(H,47,51,53)(H,48,52,54)/t15-,16?,17-,18?,19-,20-,21+,22+,29+,30+,31-,32-/m0/s1. The Hall–Kier alpha value is -5.34. The molecule has 0 bridgehead atoms. The van der Waals surface area contributed by atoms with Crippen LogP contribution < -0.4 is 42.8 Å². The number of aliphatic hydroxyl groups excluding tert-OH is 6. The monoisotopic (exact) mass is 956 g/mol. The highest BCUT2D eigenvalue weighted by molar-refractivity contribution is 6.29. The van der Waals surface area contributed by atoms with Gasteiger partial charge >= 0.3 is 0 Å². The molecule has 354 valence electrons. The maximum atomic E-state index is 12.8. The van der Waals surface area contributed by atoms with E-state index in [1.807, 2.05) is 0 Å². The number of rotatable bonds is 14. The topological polar surface area (TPSA) is 349 Å². The van der Waals surface area contributed by atoms with Gasteiger partial charge in [-0.05, 0) is 87.4 Å². The maximum absolute atomic E-state index is 12.8. The molecule has 4 aromatic heterocycles. The van der Waals surface area contributed by atoms with Crippen molar-refractivity contribution in [2.75, 3.05) is 34.5 Å². The highest BCUT2D eigenvalue weighted by Crippen LogP contribution is 2.37. The Balaban J connectivity index is 0.777. The Labute approximate surface area is 384 Å². The number of carbonyl (C=O) groups is 2. The number of imidazole rings is 2. The Morgan fingerprint density at radius 3 is 1.26 bits per heavy atom. The number of nitrogens with one attached hydrogen (secondary N) is 6. The van der Waals surface area contributed by atoms with Crippen molar-refractivity contribution < 1.29 is 40.2 Å². The van der Waals surface area contributed by atoms with Crippen LogP contribution in [0.15, 0.2) is 22.2 Å². The van der Waals surface area contributed by atoms with Crippen molar-refractivity contribution in [3.8, 4) is 0 Å². The number of anilines is 4. The normalized spacial score (nSPS) is 30.2. The zero-order valence-corrected chi connectivity index (χ0v) is 36.7. The molecular formula is C40H50Cl2N14O10. The molecule has 4 aliphatic carbocycles. The Morgan fingerprint density at radius 1 is 0.561 bits per heavy atom. The quantitative estimate of drug-likeness (QED) is 0.0461. The van der Waals surface area contributed by atoms with Gasteiger partial charge in [-0.3, -0.25) is 19.2 Å². The first kappa shape index (κ1) is 45.8. The van der Waals surface area contributed by atoms with Crippen LogP contribution in [0.1, 0.15) is 76.3 Å². The maximum Gasteiger partial charge on any atom is 0.253 e. The second kappa shape index (κ2) is 18.7. The predicted molar refractivity (Wildman–Crippen MR) is 238 cm³/mol. The summed E-state index contributed by atoms with van der Waals surface area (Å²) in [5, 5.41) is 79.6. The zero-order chi connectivity index (χ0) is 46.6. The fourth-order valence-electron chi connectivity index (χ4n) is 10.1. The van der Waals surface area contributed by atoms with Gasteiger partial charge in [-0.1, -0.05) is 0 Å². The summed E-state index contributed by atoms with van der Waals surface area (Å²) in [5.41, 5.74) is 0.941. The minimum absolute atomic E-state index is 0.0333. The fraction of sp³-hybridized carbons (Fsp3) is 0.600. The van der Waals surface area contributed by atoms with Gasteiger partial charge in [0.25, 0.3) is 10.9 Å². The first-order chi connectivity index (χ1) is 31.7. The van der Waals surface area contributed by atoms with Crippen LogP contribution in [0, 0.1) is 0 Å². The molecule has 12 N–H and O–H groups in total. The lowest BCUT2D eigenvalue weighted by molar-refractivity contribution is -0.126. The van der Waals surface area contributed by atoms with Crippen LogP contribution in [0.4, 0.5) is 23.0 Å². The third-order valence-corrected chi connectivity index (χ3v) is 13.9. The lowest BCUT2D eigenvalue weighted by atomic mass is 9.90. The van der Waals surface area contributed by atoms with E-state index in [0.717, 1.165) is 0 Å². The molecule has 0 aliphatic heterocycles. The van der Waals surface area contributed by atoms with E-state index < -0.39 is 84.5 Å². The molecule has 4 heterocycles. The average molecular weight is 958 g/mol. The van der Waals surface area contributed by atoms with E-state index >= 15 is 0 Å². The predicted octanol–water partition coefficient (Wildman–Crippen LogP) is -1.17. The molecule has 5 aromatic rings. The smallest absolute Gasteiger partial charge is 0.253 e. The molecule has 0 saturated heterocycles. The van der Waals surface area contributed by atoms with Crippen LogP contribution in [0.25, 0.3) is 22.3 Å². The Kier molecular flexibility index (Phi) is 13.0. The van der Waals surface area contributed by atoms with Crippen LogP contribution in [0.2, 0.25) is 10.6 Å². The number of aromatic nitrogens is 8. The number of aliphatic hydroxyl groups is 6. The number of halogens is 2. The van der Waals surface area contributed by atoms with Gasteiger partial charge < -0.3 is 71.7 Å². The van der Waals surface area contributed by atoms with Crippen molar-refractivity contribution in [2.24, 2.45) is 0 Å². The van der Waals surface area contributed by atoms with Crippen molar-refractivity contribution in [1.29, 1.82) is 0 Å². The molecule has 4 saturated carbocycles. The van der Waals surface area contributed by atoms with Crippen molar-refractivity contribution in [3.05, 3.63) is 43.7 Å². The zero-order valence-electron chi connectivity index (χ0n) is 35.2. The molecule has 66 heavy (non-hydrogen) atoms. The summed E-state index contributed by atoms with van der Waals surface area (Å²) < 4.78 is 3.19. The van der Waals surface area contributed by atoms with Gasteiger partial charge in [-0.25, -0.2) is 9.97 Å². The molecule has 4 fully saturated rings. The van der Waals surface area contributed by atoms with Gasteiger partial charge in [0, 0.05) is 24.2 Å². The molecule has 0 unspecified atom stereocenters. The minimum Gasteiger partial charge on any atom is -0.388 e. The lowest BCUT2D eigenvalue weighted by Crippen LogP contribution is -2.44. The van der Waals surface area contributed by atoms with Gasteiger partial charge in [0.1, 0.15) is 49.0 Å². The largest absolute Gasteiger partial charge is 0.388 e. The van der Waals surface area contributed by atoms with E-state index in [2.05, 4.69) is 61.8 Å².